The Hall–Kier alpha value is -2.53. The lowest BCUT2D eigenvalue weighted by Gasteiger charge is -2.25. The summed E-state index contributed by atoms with van der Waals surface area (Å²) in [5, 5.41) is 3.33. The van der Waals surface area contributed by atoms with Crippen LogP contribution in [0.2, 0.25) is 5.02 Å². The molecule has 0 spiro atoms. The third-order valence-corrected chi connectivity index (χ3v) is 5.25. The minimum absolute atomic E-state index is 0.0714. The fourth-order valence-electron chi connectivity index (χ4n) is 3.19. The lowest BCUT2D eigenvalue weighted by molar-refractivity contribution is -0.129. The van der Waals surface area contributed by atoms with Crippen molar-refractivity contribution in [1.29, 1.82) is 0 Å². The number of anilines is 2. The molecule has 1 saturated carbocycles. The summed E-state index contributed by atoms with van der Waals surface area (Å²) in [6, 6.07) is 12.7. The average molecular weight is 400 g/mol. The molecular weight excluding hydrogens is 374 g/mol. The average Bonchev–Trinajstić information content (AvgIpc) is 3.45. The smallest absolute Gasteiger partial charge is 0.257 e. The van der Waals surface area contributed by atoms with E-state index in [2.05, 4.69) is 5.32 Å². The number of nitrogens with zero attached hydrogens (tertiary/aromatic N) is 2. The molecule has 0 bridgehead atoms. The van der Waals surface area contributed by atoms with Crippen LogP contribution in [0.25, 0.3) is 0 Å². The minimum Gasteiger partial charge on any atom is -0.377 e. The second-order valence-corrected chi connectivity index (χ2v) is 7.92. The SMILES string of the molecule is CC(=O)N(Cc1cc(NC(=O)c2ccccc2Cl)ccc1N(C)C)CC1CC1. The van der Waals surface area contributed by atoms with E-state index in [4.69, 9.17) is 11.6 Å². The Balaban J connectivity index is 1.83. The predicted octanol–water partition coefficient (Wildman–Crippen LogP) is 4.42. The zero-order valence-corrected chi connectivity index (χ0v) is 17.3. The molecule has 1 N–H and O–H groups in total. The lowest BCUT2D eigenvalue weighted by atomic mass is 10.1. The Labute approximate surface area is 171 Å². The number of hydrogen-bond acceptors (Lipinski definition) is 3. The highest BCUT2D eigenvalue weighted by Gasteiger charge is 2.26. The van der Waals surface area contributed by atoms with Crippen LogP contribution in [-0.2, 0) is 11.3 Å². The summed E-state index contributed by atoms with van der Waals surface area (Å²) in [5.74, 6) is 0.437. The topological polar surface area (TPSA) is 52.7 Å². The van der Waals surface area contributed by atoms with Crippen molar-refractivity contribution in [2.75, 3.05) is 30.9 Å². The standard InChI is InChI=1S/C22H26ClN3O2/c1-15(27)26(13-16-8-9-16)14-17-12-18(10-11-21(17)25(2)3)24-22(28)19-6-4-5-7-20(19)23/h4-7,10-12,16H,8-9,13-14H2,1-3H3,(H,24,28). The van der Waals surface area contributed by atoms with Gasteiger partial charge < -0.3 is 15.1 Å². The van der Waals surface area contributed by atoms with Crippen LogP contribution in [-0.4, -0.2) is 37.4 Å². The van der Waals surface area contributed by atoms with Gasteiger partial charge in [0.2, 0.25) is 5.91 Å². The molecule has 1 aliphatic carbocycles. The Morgan fingerprint density at radius 3 is 2.46 bits per heavy atom. The summed E-state index contributed by atoms with van der Waals surface area (Å²) in [6.07, 6.45) is 2.39. The first-order chi connectivity index (χ1) is 13.3. The van der Waals surface area contributed by atoms with Crippen LogP contribution >= 0.6 is 11.6 Å². The molecule has 0 atom stereocenters. The summed E-state index contributed by atoms with van der Waals surface area (Å²) in [7, 11) is 3.94. The van der Waals surface area contributed by atoms with Crippen molar-refractivity contribution in [1.82, 2.24) is 4.90 Å². The van der Waals surface area contributed by atoms with Crippen LogP contribution < -0.4 is 10.2 Å². The Morgan fingerprint density at radius 2 is 1.86 bits per heavy atom. The largest absolute Gasteiger partial charge is 0.377 e. The maximum absolute atomic E-state index is 12.6. The van der Waals surface area contributed by atoms with Crippen LogP contribution in [0.5, 0.6) is 0 Å². The van der Waals surface area contributed by atoms with Gasteiger partial charge >= 0.3 is 0 Å². The van der Waals surface area contributed by atoms with E-state index in [0.717, 1.165) is 17.8 Å². The summed E-state index contributed by atoms with van der Waals surface area (Å²) in [4.78, 5) is 28.6. The van der Waals surface area contributed by atoms with Gasteiger partial charge in [-0.25, -0.2) is 0 Å². The highest BCUT2D eigenvalue weighted by atomic mass is 35.5. The van der Waals surface area contributed by atoms with E-state index in [0.29, 0.717) is 28.7 Å². The van der Waals surface area contributed by atoms with Gasteiger partial charge in [0.15, 0.2) is 0 Å². The van der Waals surface area contributed by atoms with Gasteiger partial charge in [0, 0.05) is 45.5 Å². The van der Waals surface area contributed by atoms with Crippen molar-refractivity contribution in [3.63, 3.8) is 0 Å². The molecule has 2 aromatic carbocycles. The zero-order chi connectivity index (χ0) is 20.3. The molecule has 6 heteroatoms. The number of rotatable bonds is 7. The maximum Gasteiger partial charge on any atom is 0.257 e. The summed E-state index contributed by atoms with van der Waals surface area (Å²) < 4.78 is 0. The van der Waals surface area contributed by atoms with Crippen molar-refractivity contribution in [3.8, 4) is 0 Å². The molecule has 5 nitrogen and oxygen atoms in total. The molecule has 0 unspecified atom stereocenters. The van der Waals surface area contributed by atoms with Crippen LogP contribution in [0.4, 0.5) is 11.4 Å². The van der Waals surface area contributed by atoms with Crippen molar-refractivity contribution in [3.05, 3.63) is 58.6 Å². The van der Waals surface area contributed by atoms with Crippen LogP contribution in [0.1, 0.15) is 35.7 Å². The number of carbonyl (C=O) groups is 2. The lowest BCUT2D eigenvalue weighted by Crippen LogP contribution is -2.31. The van der Waals surface area contributed by atoms with Crippen molar-refractivity contribution < 1.29 is 9.59 Å². The van der Waals surface area contributed by atoms with E-state index in [1.165, 1.54) is 12.8 Å². The molecule has 1 aliphatic rings. The number of hydrogen-bond donors (Lipinski definition) is 1. The predicted molar refractivity (Wildman–Crippen MR) is 114 cm³/mol. The van der Waals surface area contributed by atoms with Gasteiger partial charge in [0.1, 0.15) is 0 Å². The molecule has 0 saturated heterocycles. The van der Waals surface area contributed by atoms with Gasteiger partial charge in [-0.2, -0.15) is 0 Å². The third-order valence-electron chi connectivity index (χ3n) is 4.92. The molecule has 28 heavy (non-hydrogen) atoms. The first-order valence-electron chi connectivity index (χ1n) is 9.47. The number of amides is 2. The van der Waals surface area contributed by atoms with Crippen LogP contribution in [0, 0.1) is 5.92 Å². The van der Waals surface area contributed by atoms with Crippen LogP contribution in [0.3, 0.4) is 0 Å². The Morgan fingerprint density at radius 1 is 1.14 bits per heavy atom. The highest BCUT2D eigenvalue weighted by Crippen LogP contribution is 2.31. The van der Waals surface area contributed by atoms with Crippen molar-refractivity contribution in [2.24, 2.45) is 5.92 Å². The third kappa shape index (κ3) is 5.04. The quantitative estimate of drug-likeness (QED) is 0.749. The molecule has 0 aromatic heterocycles. The summed E-state index contributed by atoms with van der Waals surface area (Å²) in [6.45, 7) is 2.92. The number of benzene rings is 2. The Bertz CT molecular complexity index is 878. The van der Waals surface area contributed by atoms with E-state index in [1.807, 2.05) is 42.1 Å². The van der Waals surface area contributed by atoms with Gasteiger partial charge in [-0.15, -0.1) is 0 Å². The van der Waals surface area contributed by atoms with Gasteiger partial charge in [0.05, 0.1) is 10.6 Å². The van der Waals surface area contributed by atoms with Gasteiger partial charge in [0.25, 0.3) is 5.91 Å². The molecule has 0 heterocycles. The first kappa shape index (κ1) is 20.2. The first-order valence-corrected chi connectivity index (χ1v) is 9.84. The molecular formula is C22H26ClN3O2. The van der Waals surface area contributed by atoms with E-state index in [1.54, 1.807) is 31.2 Å². The van der Waals surface area contributed by atoms with Crippen molar-refractivity contribution in [2.45, 2.75) is 26.3 Å². The maximum atomic E-state index is 12.6. The monoisotopic (exact) mass is 399 g/mol. The molecule has 3 rings (SSSR count). The van der Waals surface area contributed by atoms with Gasteiger partial charge in [-0.05, 0) is 54.7 Å². The van der Waals surface area contributed by atoms with E-state index < -0.39 is 0 Å². The number of halogens is 1. The Kier molecular flexibility index (Phi) is 6.25. The fourth-order valence-corrected chi connectivity index (χ4v) is 3.41. The zero-order valence-electron chi connectivity index (χ0n) is 16.5. The minimum atomic E-state index is -0.254. The van der Waals surface area contributed by atoms with E-state index in [-0.39, 0.29) is 11.8 Å². The normalized spacial score (nSPS) is 13.1. The molecule has 0 radical (unpaired) electrons. The van der Waals surface area contributed by atoms with E-state index in [9.17, 15) is 9.59 Å². The van der Waals surface area contributed by atoms with E-state index >= 15 is 0 Å². The second kappa shape index (κ2) is 8.65. The number of carbonyl (C=O) groups excluding carboxylic acids is 2. The highest BCUT2D eigenvalue weighted by molar-refractivity contribution is 6.34. The molecule has 148 valence electrons. The van der Waals surface area contributed by atoms with Gasteiger partial charge in [-0.3, -0.25) is 9.59 Å². The summed E-state index contributed by atoms with van der Waals surface area (Å²) >= 11 is 6.13. The van der Waals surface area contributed by atoms with Gasteiger partial charge in [-0.1, -0.05) is 23.7 Å². The fraction of sp³-hybridized carbons (Fsp3) is 0.364. The molecule has 1 fully saturated rings. The summed E-state index contributed by atoms with van der Waals surface area (Å²) in [5.41, 5.74) is 3.14. The molecule has 2 amide bonds. The second-order valence-electron chi connectivity index (χ2n) is 7.51. The molecule has 0 aliphatic heterocycles. The van der Waals surface area contributed by atoms with Crippen molar-refractivity contribution >= 4 is 34.8 Å². The molecule has 2 aromatic rings. The number of nitrogens with one attached hydrogen (secondary N) is 1. The van der Waals surface area contributed by atoms with Crippen LogP contribution in [0.15, 0.2) is 42.5 Å².